The fourth-order valence-electron chi connectivity index (χ4n) is 1.96. The minimum Gasteiger partial charge on any atom is -0.309 e. The van der Waals surface area contributed by atoms with E-state index in [0.717, 1.165) is 30.8 Å². The maximum absolute atomic E-state index is 5.86. The zero-order chi connectivity index (χ0) is 13.7. The van der Waals surface area contributed by atoms with Gasteiger partial charge in [0, 0.05) is 12.2 Å². The summed E-state index contributed by atoms with van der Waals surface area (Å²) in [4.78, 5) is 4.52. The van der Waals surface area contributed by atoms with E-state index < -0.39 is 0 Å². The number of nitrogens with one attached hydrogen (secondary N) is 1. The van der Waals surface area contributed by atoms with Gasteiger partial charge in [0.1, 0.15) is 0 Å². The molecule has 1 atom stereocenters. The molecule has 2 aromatic heterocycles. The van der Waals surface area contributed by atoms with Crippen LogP contribution in [0.4, 0.5) is 0 Å². The van der Waals surface area contributed by atoms with E-state index in [1.54, 1.807) is 17.1 Å². The monoisotopic (exact) mass is 278 g/mol. The SMILES string of the molecule is CCCNC(CC)c1ccc(-n2cc(Cl)cn2)cn1. The molecule has 0 spiro atoms. The molecule has 0 aliphatic carbocycles. The molecular weight excluding hydrogens is 260 g/mol. The van der Waals surface area contributed by atoms with Crippen molar-refractivity contribution in [2.45, 2.75) is 32.7 Å². The van der Waals surface area contributed by atoms with Gasteiger partial charge in [-0.05, 0) is 31.5 Å². The summed E-state index contributed by atoms with van der Waals surface area (Å²) in [7, 11) is 0. The van der Waals surface area contributed by atoms with Crippen LogP contribution in [0.25, 0.3) is 5.69 Å². The smallest absolute Gasteiger partial charge is 0.0829 e. The van der Waals surface area contributed by atoms with Crippen molar-refractivity contribution in [2.24, 2.45) is 0 Å². The van der Waals surface area contributed by atoms with E-state index in [1.807, 2.05) is 18.3 Å². The quantitative estimate of drug-likeness (QED) is 0.881. The molecule has 1 N–H and O–H groups in total. The highest BCUT2D eigenvalue weighted by atomic mass is 35.5. The molecule has 0 aliphatic rings. The summed E-state index contributed by atoms with van der Waals surface area (Å²) in [5, 5.41) is 8.28. The summed E-state index contributed by atoms with van der Waals surface area (Å²) in [5.41, 5.74) is 1.99. The van der Waals surface area contributed by atoms with Gasteiger partial charge >= 0.3 is 0 Å². The lowest BCUT2D eigenvalue weighted by Crippen LogP contribution is -2.22. The van der Waals surface area contributed by atoms with Gasteiger partial charge < -0.3 is 5.32 Å². The van der Waals surface area contributed by atoms with Crippen LogP contribution in [0.1, 0.15) is 38.4 Å². The second kappa shape index (κ2) is 6.68. The van der Waals surface area contributed by atoms with Gasteiger partial charge in [-0.25, -0.2) is 4.68 Å². The van der Waals surface area contributed by atoms with Gasteiger partial charge in [-0.15, -0.1) is 0 Å². The van der Waals surface area contributed by atoms with Crippen LogP contribution in [0, 0.1) is 0 Å². The average molecular weight is 279 g/mol. The molecule has 0 aliphatic heterocycles. The second-order valence-electron chi connectivity index (χ2n) is 4.46. The van der Waals surface area contributed by atoms with Crippen molar-refractivity contribution in [3.63, 3.8) is 0 Å². The lowest BCUT2D eigenvalue weighted by atomic mass is 10.1. The van der Waals surface area contributed by atoms with Crippen molar-refractivity contribution in [3.05, 3.63) is 41.4 Å². The maximum atomic E-state index is 5.86. The van der Waals surface area contributed by atoms with Crippen molar-refractivity contribution in [2.75, 3.05) is 6.54 Å². The molecule has 0 saturated carbocycles. The first kappa shape index (κ1) is 14.0. The lowest BCUT2D eigenvalue weighted by molar-refractivity contribution is 0.507. The van der Waals surface area contributed by atoms with Crippen molar-refractivity contribution in [1.82, 2.24) is 20.1 Å². The van der Waals surface area contributed by atoms with Crippen LogP contribution in [0.15, 0.2) is 30.7 Å². The number of rotatable bonds is 6. The van der Waals surface area contributed by atoms with Gasteiger partial charge in [-0.3, -0.25) is 4.98 Å². The number of aromatic nitrogens is 3. The van der Waals surface area contributed by atoms with Crippen molar-refractivity contribution in [1.29, 1.82) is 0 Å². The molecular formula is C14H19ClN4. The largest absolute Gasteiger partial charge is 0.309 e. The zero-order valence-electron chi connectivity index (χ0n) is 11.3. The van der Waals surface area contributed by atoms with Crippen LogP contribution < -0.4 is 5.32 Å². The molecule has 2 heterocycles. The number of nitrogens with zero attached hydrogens (tertiary/aromatic N) is 3. The summed E-state index contributed by atoms with van der Waals surface area (Å²) >= 11 is 5.86. The molecule has 0 aromatic carbocycles. The molecule has 2 aromatic rings. The Morgan fingerprint density at radius 1 is 1.32 bits per heavy atom. The van der Waals surface area contributed by atoms with Crippen molar-refractivity contribution in [3.8, 4) is 5.69 Å². The van der Waals surface area contributed by atoms with E-state index >= 15 is 0 Å². The fourth-order valence-corrected chi connectivity index (χ4v) is 2.09. The predicted octanol–water partition coefficient (Wildman–Crippen LogP) is 3.37. The Labute approximate surface area is 118 Å². The molecule has 5 heteroatoms. The highest BCUT2D eigenvalue weighted by Gasteiger charge is 2.09. The van der Waals surface area contributed by atoms with E-state index in [0.29, 0.717) is 11.1 Å². The molecule has 0 fully saturated rings. The number of hydrogen-bond acceptors (Lipinski definition) is 3. The van der Waals surface area contributed by atoms with Gasteiger partial charge in [0.25, 0.3) is 0 Å². The molecule has 1 unspecified atom stereocenters. The Morgan fingerprint density at radius 2 is 2.16 bits per heavy atom. The standard InChI is InChI=1S/C14H19ClN4/c1-3-7-16-13(4-2)14-6-5-12(9-17-14)19-10-11(15)8-18-19/h5-6,8-10,13,16H,3-4,7H2,1-2H3. The highest BCUT2D eigenvalue weighted by Crippen LogP contribution is 2.16. The van der Waals surface area contributed by atoms with Crippen molar-refractivity contribution < 1.29 is 0 Å². The highest BCUT2D eigenvalue weighted by molar-refractivity contribution is 6.30. The average Bonchev–Trinajstić information content (AvgIpc) is 2.87. The third-order valence-corrected chi connectivity index (χ3v) is 3.19. The third kappa shape index (κ3) is 3.55. The van der Waals surface area contributed by atoms with Crippen LogP contribution in [-0.2, 0) is 0 Å². The van der Waals surface area contributed by atoms with Crippen LogP contribution in [-0.4, -0.2) is 21.3 Å². The normalized spacial score (nSPS) is 12.6. The van der Waals surface area contributed by atoms with Crippen LogP contribution in [0.5, 0.6) is 0 Å². The molecule has 0 radical (unpaired) electrons. The van der Waals surface area contributed by atoms with Crippen LogP contribution >= 0.6 is 11.6 Å². The Morgan fingerprint density at radius 3 is 2.68 bits per heavy atom. The molecule has 0 amide bonds. The predicted molar refractivity (Wildman–Crippen MR) is 77.7 cm³/mol. The molecule has 0 saturated heterocycles. The molecule has 102 valence electrons. The first-order valence-electron chi connectivity index (χ1n) is 6.64. The molecule has 19 heavy (non-hydrogen) atoms. The van der Waals surface area contributed by atoms with Gasteiger partial charge in [0.15, 0.2) is 0 Å². The number of halogens is 1. The third-order valence-electron chi connectivity index (χ3n) is 2.99. The van der Waals surface area contributed by atoms with Gasteiger partial charge in [0.2, 0.25) is 0 Å². The summed E-state index contributed by atoms with van der Waals surface area (Å²) in [6.45, 7) is 5.34. The number of pyridine rings is 1. The van der Waals surface area contributed by atoms with E-state index in [2.05, 4.69) is 29.2 Å². The summed E-state index contributed by atoms with van der Waals surface area (Å²) in [5.74, 6) is 0. The first-order chi connectivity index (χ1) is 9.24. The number of hydrogen-bond donors (Lipinski definition) is 1. The second-order valence-corrected chi connectivity index (χ2v) is 4.90. The van der Waals surface area contributed by atoms with E-state index in [4.69, 9.17) is 11.6 Å². The van der Waals surface area contributed by atoms with Gasteiger partial charge in [-0.1, -0.05) is 25.4 Å². The minimum absolute atomic E-state index is 0.315. The van der Waals surface area contributed by atoms with Gasteiger partial charge in [0.05, 0.1) is 28.8 Å². The summed E-state index contributed by atoms with van der Waals surface area (Å²) in [6, 6.07) is 4.37. The minimum atomic E-state index is 0.315. The Kier molecular flexibility index (Phi) is 4.93. The van der Waals surface area contributed by atoms with Crippen LogP contribution in [0.2, 0.25) is 5.02 Å². The summed E-state index contributed by atoms with van der Waals surface area (Å²) < 4.78 is 1.72. The topological polar surface area (TPSA) is 42.7 Å². The van der Waals surface area contributed by atoms with E-state index in [-0.39, 0.29) is 0 Å². The molecule has 2 rings (SSSR count). The zero-order valence-corrected chi connectivity index (χ0v) is 12.1. The van der Waals surface area contributed by atoms with Crippen molar-refractivity contribution >= 4 is 11.6 Å². The summed E-state index contributed by atoms with van der Waals surface area (Å²) in [6.07, 6.45) is 7.37. The Bertz CT molecular complexity index is 506. The van der Waals surface area contributed by atoms with E-state index in [1.165, 1.54) is 0 Å². The van der Waals surface area contributed by atoms with Gasteiger partial charge in [-0.2, -0.15) is 5.10 Å². The maximum Gasteiger partial charge on any atom is 0.0829 e. The fraction of sp³-hybridized carbons (Fsp3) is 0.429. The molecule has 4 nitrogen and oxygen atoms in total. The van der Waals surface area contributed by atoms with Crippen LogP contribution in [0.3, 0.4) is 0 Å². The lowest BCUT2D eigenvalue weighted by Gasteiger charge is -2.16. The molecule has 0 bridgehead atoms. The Hall–Kier alpha value is -1.39. The Balaban J connectivity index is 2.13. The van der Waals surface area contributed by atoms with E-state index in [9.17, 15) is 0 Å². The first-order valence-corrected chi connectivity index (χ1v) is 7.02.